The average Bonchev–Trinajstić information content (AvgIpc) is 3.71. The molecule has 0 atom stereocenters. The van der Waals surface area contributed by atoms with Crippen molar-refractivity contribution in [3.05, 3.63) is 91.6 Å². The minimum absolute atomic E-state index is 0.114. The summed E-state index contributed by atoms with van der Waals surface area (Å²) in [7, 11) is 0. The van der Waals surface area contributed by atoms with Gasteiger partial charge in [-0.1, -0.05) is 12.1 Å². The normalized spacial score (nSPS) is 14.0. The lowest BCUT2D eigenvalue weighted by Crippen LogP contribution is -2.50. The second kappa shape index (κ2) is 11.7. The molecule has 0 aliphatic heterocycles. The molecule has 4 rings (SSSR count). The van der Waals surface area contributed by atoms with Crippen LogP contribution in [-0.2, 0) is 5.67 Å². The molecule has 4 nitrogen and oxygen atoms in total. The van der Waals surface area contributed by atoms with Gasteiger partial charge < -0.3 is 10.2 Å². The molecule has 16 heteroatoms. The third kappa shape index (κ3) is 6.26. The molecule has 3 aromatic rings. The van der Waals surface area contributed by atoms with Gasteiger partial charge in [-0.2, -0.15) is 26.3 Å². The first-order chi connectivity index (χ1) is 19.9. The Balaban J connectivity index is 1.70. The number of hydrogen-bond acceptors (Lipinski definition) is 2. The molecular weight excluding hydrogens is 734 g/mol. The van der Waals surface area contributed by atoms with Crippen LogP contribution in [0.4, 0.5) is 55.3 Å². The number of carbonyl (C=O) groups is 2. The van der Waals surface area contributed by atoms with E-state index in [0.717, 1.165) is 41.3 Å². The lowest BCUT2D eigenvalue weighted by atomic mass is 9.94. The number of amides is 2. The number of halogens is 12. The van der Waals surface area contributed by atoms with Crippen molar-refractivity contribution >= 4 is 55.0 Å². The first-order valence-corrected chi connectivity index (χ1v) is 13.6. The number of hydrogen-bond donors (Lipinski definition) is 1. The second-order valence-electron chi connectivity index (χ2n) is 9.52. The third-order valence-electron chi connectivity index (χ3n) is 6.53. The Morgan fingerprint density at radius 2 is 1.35 bits per heavy atom. The van der Waals surface area contributed by atoms with Crippen LogP contribution in [0.2, 0.25) is 0 Å². The fourth-order valence-electron chi connectivity index (χ4n) is 4.15. The Bertz CT molecular complexity index is 1530. The molecular formula is C27H16Br2F10N2O2. The van der Waals surface area contributed by atoms with Crippen LogP contribution in [0.5, 0.6) is 0 Å². The molecule has 1 saturated carbocycles. The molecule has 230 valence electrons. The van der Waals surface area contributed by atoms with Crippen LogP contribution in [0.25, 0.3) is 0 Å². The molecule has 1 aliphatic carbocycles. The minimum atomic E-state index is -6.40. The summed E-state index contributed by atoms with van der Waals surface area (Å²) in [6, 6.07) is 6.21. The van der Waals surface area contributed by atoms with Crippen molar-refractivity contribution in [1.29, 1.82) is 0 Å². The molecule has 0 spiro atoms. The SMILES string of the molecule is O=C(Nc1c(Br)cc(C(F)(C(F)(F)F)C(F)(F)F)cc1Br)c1cccc(N(CC2CC2)C(=O)c2c(F)cccc2F)c1F. The van der Waals surface area contributed by atoms with Crippen molar-refractivity contribution in [2.45, 2.75) is 30.9 Å². The van der Waals surface area contributed by atoms with Crippen LogP contribution in [0.3, 0.4) is 0 Å². The summed E-state index contributed by atoms with van der Waals surface area (Å²) in [5, 5.41) is 2.11. The molecule has 0 aromatic heterocycles. The van der Waals surface area contributed by atoms with E-state index >= 15 is 4.39 Å². The number of carbonyl (C=O) groups excluding carboxylic acids is 2. The maximum Gasteiger partial charge on any atom is 0.435 e. The number of nitrogens with zero attached hydrogens (tertiary/aromatic N) is 1. The zero-order valence-electron chi connectivity index (χ0n) is 21.1. The topological polar surface area (TPSA) is 49.4 Å². The quantitative estimate of drug-likeness (QED) is 0.245. The number of alkyl halides is 7. The van der Waals surface area contributed by atoms with Crippen LogP contribution in [0, 0.1) is 23.4 Å². The van der Waals surface area contributed by atoms with Crippen LogP contribution < -0.4 is 10.2 Å². The smallest absolute Gasteiger partial charge is 0.320 e. The fraction of sp³-hybridized carbons (Fsp3) is 0.259. The molecule has 1 N–H and O–H groups in total. The van der Waals surface area contributed by atoms with E-state index in [4.69, 9.17) is 0 Å². The van der Waals surface area contributed by atoms with E-state index in [1.54, 1.807) is 0 Å². The summed E-state index contributed by atoms with van der Waals surface area (Å²) in [4.78, 5) is 27.0. The number of anilines is 2. The molecule has 0 heterocycles. The Hall–Kier alpha value is -3.14. The molecule has 2 amide bonds. The summed E-state index contributed by atoms with van der Waals surface area (Å²) in [5.41, 5.74) is -10.3. The van der Waals surface area contributed by atoms with Gasteiger partial charge in [0, 0.05) is 21.1 Å². The molecule has 0 saturated heterocycles. The average molecular weight is 750 g/mol. The first-order valence-electron chi connectivity index (χ1n) is 12.1. The highest BCUT2D eigenvalue weighted by Gasteiger charge is 2.73. The van der Waals surface area contributed by atoms with Crippen LogP contribution >= 0.6 is 31.9 Å². The van der Waals surface area contributed by atoms with Crippen molar-refractivity contribution < 1.29 is 53.5 Å². The summed E-state index contributed by atoms with van der Waals surface area (Å²) < 4.78 is 137. The molecule has 0 unspecified atom stereocenters. The van der Waals surface area contributed by atoms with E-state index < -0.39 is 84.3 Å². The van der Waals surface area contributed by atoms with E-state index in [-0.39, 0.29) is 24.6 Å². The lowest BCUT2D eigenvalue weighted by molar-refractivity contribution is -0.348. The third-order valence-corrected chi connectivity index (χ3v) is 7.78. The van der Waals surface area contributed by atoms with Gasteiger partial charge in [-0.25, -0.2) is 17.6 Å². The molecule has 0 radical (unpaired) electrons. The second-order valence-corrected chi connectivity index (χ2v) is 11.2. The van der Waals surface area contributed by atoms with Gasteiger partial charge in [0.15, 0.2) is 5.82 Å². The predicted octanol–water partition coefficient (Wildman–Crippen LogP) is 9.23. The molecule has 1 aliphatic rings. The Labute approximate surface area is 253 Å². The van der Waals surface area contributed by atoms with Gasteiger partial charge in [-0.3, -0.25) is 9.59 Å². The Morgan fingerprint density at radius 3 is 1.84 bits per heavy atom. The number of benzene rings is 3. The molecule has 1 fully saturated rings. The van der Waals surface area contributed by atoms with E-state index in [1.807, 2.05) is 0 Å². The van der Waals surface area contributed by atoms with Crippen molar-refractivity contribution in [3.63, 3.8) is 0 Å². The standard InChI is InChI=1S/C27H16Br2F10N2O2/c28-15-9-13(25(33,26(34,35)36)27(37,38)39)10-16(29)22(15)40-23(42)14-3-1-6-19(21(14)32)41(11-12-7-8-12)24(43)20-17(30)4-2-5-18(20)31/h1-6,9-10,12H,7-8,11H2,(H,40,42). The van der Waals surface area contributed by atoms with Crippen molar-refractivity contribution in [1.82, 2.24) is 0 Å². The van der Waals surface area contributed by atoms with E-state index in [0.29, 0.717) is 12.8 Å². The van der Waals surface area contributed by atoms with Gasteiger partial charge in [-0.15, -0.1) is 0 Å². The van der Waals surface area contributed by atoms with Gasteiger partial charge in [0.2, 0.25) is 0 Å². The van der Waals surface area contributed by atoms with Gasteiger partial charge in [0.25, 0.3) is 11.8 Å². The Morgan fingerprint density at radius 1 is 0.837 bits per heavy atom. The van der Waals surface area contributed by atoms with Crippen LogP contribution in [0.1, 0.15) is 39.1 Å². The Kier molecular flexibility index (Phi) is 8.95. The lowest BCUT2D eigenvalue weighted by Gasteiger charge is -2.31. The zero-order valence-corrected chi connectivity index (χ0v) is 24.3. The van der Waals surface area contributed by atoms with E-state index in [2.05, 4.69) is 37.2 Å². The molecule has 3 aromatic carbocycles. The summed E-state index contributed by atoms with van der Waals surface area (Å²) in [6.45, 7) is -0.142. The largest absolute Gasteiger partial charge is 0.435 e. The van der Waals surface area contributed by atoms with E-state index in [9.17, 15) is 49.1 Å². The highest BCUT2D eigenvalue weighted by Crippen LogP contribution is 2.54. The predicted molar refractivity (Wildman–Crippen MR) is 142 cm³/mol. The first kappa shape index (κ1) is 32.8. The highest BCUT2D eigenvalue weighted by molar-refractivity contribution is 9.11. The summed E-state index contributed by atoms with van der Waals surface area (Å²) in [6.07, 6.45) is -11.5. The highest BCUT2D eigenvalue weighted by atomic mass is 79.9. The fourth-order valence-corrected chi connectivity index (χ4v) is 5.54. The zero-order chi connectivity index (χ0) is 32.1. The van der Waals surface area contributed by atoms with Gasteiger partial charge in [-0.05, 0) is 87.0 Å². The van der Waals surface area contributed by atoms with Crippen LogP contribution in [0.15, 0.2) is 57.5 Å². The monoisotopic (exact) mass is 748 g/mol. The van der Waals surface area contributed by atoms with Crippen molar-refractivity contribution in [3.8, 4) is 0 Å². The summed E-state index contributed by atoms with van der Waals surface area (Å²) >= 11 is 5.42. The summed E-state index contributed by atoms with van der Waals surface area (Å²) in [5.74, 6) is -6.33. The number of rotatable bonds is 7. The van der Waals surface area contributed by atoms with Gasteiger partial charge >= 0.3 is 18.0 Å². The maximum absolute atomic E-state index is 15.7. The molecule has 43 heavy (non-hydrogen) atoms. The molecule has 0 bridgehead atoms. The van der Waals surface area contributed by atoms with Crippen molar-refractivity contribution in [2.75, 3.05) is 16.8 Å². The maximum atomic E-state index is 15.7. The van der Waals surface area contributed by atoms with E-state index in [1.165, 1.54) is 0 Å². The minimum Gasteiger partial charge on any atom is -0.320 e. The number of nitrogens with one attached hydrogen (secondary N) is 1. The van der Waals surface area contributed by atoms with Gasteiger partial charge in [0.1, 0.15) is 17.2 Å². The van der Waals surface area contributed by atoms with Crippen molar-refractivity contribution in [2.24, 2.45) is 5.92 Å². The van der Waals surface area contributed by atoms with Crippen LogP contribution in [-0.4, -0.2) is 30.7 Å². The van der Waals surface area contributed by atoms with Gasteiger partial charge in [0.05, 0.1) is 16.9 Å².